The van der Waals surface area contributed by atoms with Gasteiger partial charge in [-0.05, 0) is 0 Å². The van der Waals surface area contributed by atoms with Crippen molar-refractivity contribution < 1.29 is 9.90 Å². The van der Waals surface area contributed by atoms with E-state index >= 15 is 0 Å². The summed E-state index contributed by atoms with van der Waals surface area (Å²) in [4.78, 5) is 13.2. The van der Waals surface area contributed by atoms with Crippen molar-refractivity contribution in [3.05, 3.63) is 0 Å². The Morgan fingerprint density at radius 2 is 2.33 bits per heavy atom. The molecule has 0 aliphatic carbocycles. The van der Waals surface area contributed by atoms with Crippen molar-refractivity contribution in [1.29, 1.82) is 0 Å². The van der Waals surface area contributed by atoms with Crippen molar-refractivity contribution >= 4 is 23.4 Å². The fourth-order valence-corrected chi connectivity index (χ4v) is 0.296. The third kappa shape index (κ3) is 5.10. The van der Waals surface area contributed by atoms with Crippen molar-refractivity contribution in [3.63, 3.8) is 0 Å². The zero-order chi connectivity index (χ0) is 7.28. The van der Waals surface area contributed by atoms with E-state index in [0.717, 1.165) is 0 Å². The summed E-state index contributed by atoms with van der Waals surface area (Å²) in [6, 6.07) is 0. The summed E-state index contributed by atoms with van der Waals surface area (Å²) in [6.45, 7) is -0.307. The first-order chi connectivity index (χ1) is 4.16. The van der Waals surface area contributed by atoms with Gasteiger partial charge in [0.2, 0.25) is 0 Å². The number of hydrogen-bond donors (Lipinski definition) is 2. The molecule has 0 saturated heterocycles. The molecule has 0 bridgehead atoms. The number of rotatable bonds is 3. The highest BCUT2D eigenvalue weighted by molar-refractivity contribution is 6.28. The molecule has 0 fully saturated rings. The van der Waals surface area contributed by atoms with Gasteiger partial charge in [-0.1, -0.05) is 0 Å². The number of carboxylic acids is 1. The van der Waals surface area contributed by atoms with Crippen LogP contribution in [-0.2, 0) is 4.79 Å². The quantitative estimate of drug-likeness (QED) is 0.329. The second-order valence-electron chi connectivity index (χ2n) is 1.33. The lowest BCUT2D eigenvalue weighted by atomic mass is 10.6. The molecule has 0 atom stereocenters. The van der Waals surface area contributed by atoms with Gasteiger partial charge in [0, 0.05) is 0 Å². The minimum Gasteiger partial charge on any atom is -0.480 e. The van der Waals surface area contributed by atoms with Crippen LogP contribution in [0, 0.1) is 0 Å². The van der Waals surface area contributed by atoms with E-state index in [-0.39, 0.29) is 18.3 Å². The molecule has 9 heavy (non-hydrogen) atoms. The topological polar surface area (TPSA) is 75.7 Å². The van der Waals surface area contributed by atoms with Gasteiger partial charge in [-0.15, -0.1) is 11.6 Å². The van der Waals surface area contributed by atoms with Gasteiger partial charge in [0.25, 0.3) is 0 Å². The van der Waals surface area contributed by atoms with E-state index < -0.39 is 5.97 Å². The van der Waals surface area contributed by atoms with Crippen LogP contribution in [0.1, 0.15) is 0 Å². The zero-order valence-corrected chi connectivity index (χ0v) is 5.43. The number of hydrogen-bond acceptors (Lipinski definition) is 2. The van der Waals surface area contributed by atoms with Crippen LogP contribution in [-0.4, -0.2) is 29.3 Å². The Morgan fingerprint density at radius 1 is 1.78 bits per heavy atom. The molecular weight excluding hydrogens is 144 g/mol. The molecule has 0 aromatic rings. The first-order valence-corrected chi connectivity index (χ1v) is 2.77. The number of nitrogens with two attached hydrogens (primary N) is 1. The molecule has 0 aliphatic rings. The van der Waals surface area contributed by atoms with Crippen molar-refractivity contribution in [1.82, 2.24) is 0 Å². The standard InChI is InChI=1S/C4H7ClN2O2/c5-1-3(6)7-2-4(8)9/h1-2H2,(H2,6,7)(H,8,9). The number of amidine groups is 1. The number of aliphatic carboxylic acids is 1. The maximum absolute atomic E-state index is 9.81. The normalized spacial score (nSPS) is 11.4. The Morgan fingerprint density at radius 3 is 2.67 bits per heavy atom. The van der Waals surface area contributed by atoms with Crippen molar-refractivity contribution in [2.75, 3.05) is 12.4 Å². The molecular formula is C4H7ClN2O2. The number of carbonyl (C=O) groups is 1. The zero-order valence-electron chi connectivity index (χ0n) is 4.67. The number of nitrogens with zero attached hydrogens (tertiary/aromatic N) is 1. The molecule has 0 aliphatic heterocycles. The van der Waals surface area contributed by atoms with Crippen molar-refractivity contribution in [3.8, 4) is 0 Å². The number of carboxylic acid groups (broad SMARTS) is 1. The van der Waals surface area contributed by atoms with E-state index in [0.29, 0.717) is 0 Å². The Kier molecular flexibility index (Phi) is 3.79. The molecule has 0 heterocycles. The van der Waals surface area contributed by atoms with Crippen LogP contribution in [0.25, 0.3) is 0 Å². The Balaban J connectivity index is 3.56. The summed E-state index contributed by atoms with van der Waals surface area (Å²) >= 11 is 5.19. The molecule has 0 aromatic carbocycles. The molecule has 0 unspecified atom stereocenters. The van der Waals surface area contributed by atoms with Gasteiger partial charge in [-0.25, -0.2) is 0 Å². The summed E-state index contributed by atoms with van der Waals surface area (Å²) in [5.41, 5.74) is 5.08. The maximum atomic E-state index is 9.81. The molecule has 0 spiro atoms. The second-order valence-corrected chi connectivity index (χ2v) is 1.60. The van der Waals surface area contributed by atoms with Crippen molar-refractivity contribution in [2.24, 2.45) is 10.7 Å². The fourth-order valence-electron chi connectivity index (χ4n) is 0.211. The Bertz CT molecular complexity index is 135. The van der Waals surface area contributed by atoms with Gasteiger partial charge in [0.1, 0.15) is 12.4 Å². The van der Waals surface area contributed by atoms with Crippen LogP contribution >= 0.6 is 11.6 Å². The van der Waals surface area contributed by atoms with Crippen molar-refractivity contribution in [2.45, 2.75) is 0 Å². The Labute approximate surface area is 57.3 Å². The van der Waals surface area contributed by atoms with Crippen LogP contribution in [0.5, 0.6) is 0 Å². The molecule has 0 saturated carbocycles. The average Bonchev–Trinajstić information content (AvgIpc) is 1.83. The van der Waals surface area contributed by atoms with E-state index in [1.54, 1.807) is 0 Å². The summed E-state index contributed by atoms with van der Waals surface area (Å²) in [5, 5.41) is 8.05. The van der Waals surface area contributed by atoms with Gasteiger partial charge in [0.05, 0.1) is 5.88 Å². The average molecular weight is 151 g/mol. The van der Waals surface area contributed by atoms with Crippen LogP contribution < -0.4 is 5.73 Å². The van der Waals surface area contributed by atoms with Crippen LogP contribution in [0.15, 0.2) is 4.99 Å². The molecule has 0 aromatic heterocycles. The molecule has 4 nitrogen and oxygen atoms in total. The highest BCUT2D eigenvalue weighted by Gasteiger charge is 1.92. The number of aliphatic imine (C=N–C) groups is 1. The maximum Gasteiger partial charge on any atom is 0.325 e. The van der Waals surface area contributed by atoms with Gasteiger partial charge in [0.15, 0.2) is 0 Å². The van der Waals surface area contributed by atoms with Gasteiger partial charge in [-0.2, -0.15) is 0 Å². The van der Waals surface area contributed by atoms with E-state index in [4.69, 9.17) is 22.4 Å². The molecule has 52 valence electrons. The summed E-state index contributed by atoms with van der Waals surface area (Å²) in [5.74, 6) is -0.782. The predicted octanol–water partition coefficient (Wildman–Crippen LogP) is -0.333. The van der Waals surface area contributed by atoms with E-state index in [9.17, 15) is 4.79 Å². The third-order valence-electron chi connectivity index (χ3n) is 0.554. The molecule has 0 amide bonds. The first-order valence-electron chi connectivity index (χ1n) is 2.23. The smallest absolute Gasteiger partial charge is 0.325 e. The highest BCUT2D eigenvalue weighted by atomic mass is 35.5. The monoisotopic (exact) mass is 150 g/mol. The van der Waals surface area contributed by atoms with E-state index in [2.05, 4.69) is 4.99 Å². The van der Waals surface area contributed by atoms with Crippen LogP contribution in [0.4, 0.5) is 0 Å². The molecule has 5 heteroatoms. The predicted molar refractivity (Wildman–Crippen MR) is 34.8 cm³/mol. The molecule has 0 radical (unpaired) electrons. The van der Waals surface area contributed by atoms with E-state index in [1.807, 2.05) is 0 Å². The lowest BCUT2D eigenvalue weighted by molar-refractivity contribution is -0.135. The minimum absolute atomic E-state index is 0.0767. The first kappa shape index (κ1) is 8.23. The van der Waals surface area contributed by atoms with E-state index in [1.165, 1.54) is 0 Å². The second kappa shape index (κ2) is 4.14. The summed E-state index contributed by atoms with van der Waals surface area (Å²) < 4.78 is 0. The van der Waals surface area contributed by atoms with Gasteiger partial charge < -0.3 is 10.8 Å². The van der Waals surface area contributed by atoms with Gasteiger partial charge >= 0.3 is 5.97 Å². The highest BCUT2D eigenvalue weighted by Crippen LogP contribution is 1.76. The Hall–Kier alpha value is -0.770. The summed E-state index contributed by atoms with van der Waals surface area (Å²) in [7, 11) is 0. The fraction of sp³-hybridized carbons (Fsp3) is 0.500. The molecule has 0 rings (SSSR count). The van der Waals surface area contributed by atoms with Crippen LogP contribution in [0.2, 0.25) is 0 Å². The number of halogens is 1. The minimum atomic E-state index is -1.01. The SMILES string of the molecule is NC(CCl)=NCC(=O)O. The van der Waals surface area contributed by atoms with Crippen LogP contribution in [0.3, 0.4) is 0 Å². The lowest BCUT2D eigenvalue weighted by Crippen LogP contribution is -2.15. The number of alkyl halides is 1. The van der Waals surface area contributed by atoms with Gasteiger partial charge in [-0.3, -0.25) is 9.79 Å². The third-order valence-corrected chi connectivity index (χ3v) is 0.828. The lowest BCUT2D eigenvalue weighted by Gasteiger charge is -1.89. The largest absolute Gasteiger partial charge is 0.480 e. The molecule has 3 N–H and O–H groups in total. The summed E-state index contributed by atoms with van der Waals surface area (Å²) in [6.07, 6.45) is 0.